The number of thioether (sulfide) groups is 1. The fraction of sp³-hybridized carbons (Fsp3) is 0.474. The highest BCUT2D eigenvalue weighted by atomic mass is 127. The van der Waals surface area contributed by atoms with E-state index in [2.05, 4.69) is 134 Å². The van der Waals surface area contributed by atoms with E-state index in [4.69, 9.17) is 0 Å². The van der Waals surface area contributed by atoms with Crippen molar-refractivity contribution in [1.29, 1.82) is 0 Å². The van der Waals surface area contributed by atoms with E-state index in [0.717, 1.165) is 0 Å². The molecule has 3 rings (SSSR count). The van der Waals surface area contributed by atoms with Crippen molar-refractivity contribution in [1.82, 2.24) is 0 Å². The first kappa shape index (κ1) is 22.7. The van der Waals surface area contributed by atoms with Crippen LogP contribution < -0.4 is 3.74 Å². The zero-order valence-electron chi connectivity index (χ0n) is 16.0. The molecule has 138 valence electrons. The van der Waals surface area contributed by atoms with Gasteiger partial charge in [0.15, 0.2) is 0 Å². The Morgan fingerprint density at radius 3 is 2.31 bits per heavy atom. The highest BCUT2D eigenvalue weighted by molar-refractivity contribution is 14.1. The second-order valence-corrected chi connectivity index (χ2v) is 19.2. The van der Waals surface area contributed by atoms with Crippen molar-refractivity contribution in [3.05, 3.63) is 48.2 Å². The van der Waals surface area contributed by atoms with Crippen LogP contribution in [0.2, 0.25) is 0 Å². The number of aryl methyl sites for hydroxylation is 1. The van der Waals surface area contributed by atoms with E-state index in [0.29, 0.717) is 5.25 Å². The standard InChI is InChI=1S/C19H22S3.2Al.2HI.2H/c1-13-10-12-21-17(13)19(4,5)16-9-8-15(22-16)18(2,3)14-7-6-11-20-14;;;;;;/h6,8-10,14H,7H2,1-5H3;;;2*1H;;/q;2*+1;;;;/p-2. The van der Waals surface area contributed by atoms with Crippen LogP contribution in [-0.2, 0) is 10.8 Å². The number of rotatable bonds is 6. The molecule has 2 aromatic heterocycles. The van der Waals surface area contributed by atoms with E-state index in [9.17, 15) is 0 Å². The molecule has 0 aromatic carbocycles. The Bertz CT molecular complexity index is 821. The van der Waals surface area contributed by atoms with Gasteiger partial charge in [-0.05, 0) is 31.0 Å². The third-order valence-corrected chi connectivity index (χ3v) is 20.9. The Labute approximate surface area is 205 Å². The molecule has 0 N–H and O–H groups in total. The molecule has 2 aromatic rings. The molecule has 1 aliphatic rings. The van der Waals surface area contributed by atoms with Gasteiger partial charge in [0, 0.05) is 30.7 Å². The Kier molecular flexibility index (Phi) is 7.88. The Hall–Kier alpha value is 2.01. The maximum Gasteiger partial charge on any atom is 0.390 e. The van der Waals surface area contributed by atoms with Crippen molar-refractivity contribution in [3.63, 3.8) is 0 Å². The summed E-state index contributed by atoms with van der Waals surface area (Å²) in [5.74, 6) is 0. The highest BCUT2D eigenvalue weighted by Crippen LogP contribution is 2.48. The van der Waals surface area contributed by atoms with Gasteiger partial charge in [0.1, 0.15) is 0 Å². The van der Waals surface area contributed by atoms with Crippen LogP contribution in [0, 0.1) is 6.92 Å². The van der Waals surface area contributed by atoms with Crippen LogP contribution in [-0.4, -0.2) is 29.1 Å². The van der Waals surface area contributed by atoms with Crippen molar-refractivity contribution in [2.45, 2.75) is 57.1 Å². The lowest BCUT2D eigenvalue weighted by molar-refractivity contribution is 0.514. The van der Waals surface area contributed by atoms with Gasteiger partial charge in [0.25, 0.3) is 0 Å². The van der Waals surface area contributed by atoms with E-state index in [1.165, 1.54) is 16.9 Å². The van der Waals surface area contributed by atoms with Crippen LogP contribution in [0.15, 0.2) is 28.0 Å². The second kappa shape index (κ2) is 9.02. The molecule has 3 heterocycles. The third kappa shape index (κ3) is 4.52. The normalized spacial score (nSPS) is 18.1. The van der Waals surface area contributed by atoms with Gasteiger partial charge in [0.05, 0.1) is 0 Å². The van der Waals surface area contributed by atoms with E-state index in [-0.39, 0.29) is 34.7 Å². The Morgan fingerprint density at radius 2 is 1.73 bits per heavy atom. The fourth-order valence-corrected chi connectivity index (χ4v) is 14.0. The molecule has 0 amide bonds. The molecule has 0 saturated heterocycles. The average Bonchev–Trinajstić information content (AvgIpc) is 3.33. The monoisotopic (exact) mass is 656 g/mol. The smallest absolute Gasteiger partial charge is 0.207 e. The molecule has 0 saturated carbocycles. The SMILES string of the molecule is Cc1c[c]([AlH][I])sc1C(C)(C)c1ccc(C(C)(C)C2CC=[C]([AlH][I])S2)s1. The van der Waals surface area contributed by atoms with Crippen LogP contribution in [0.1, 0.15) is 54.3 Å². The van der Waals surface area contributed by atoms with Crippen LogP contribution >= 0.6 is 75.0 Å². The molecular formula is C19H24Al2I2S3. The maximum absolute atomic E-state index is 2.63. The molecule has 0 spiro atoms. The summed E-state index contributed by atoms with van der Waals surface area (Å²) < 4.78 is 3.33. The van der Waals surface area contributed by atoms with Gasteiger partial charge in [-0.1, -0.05) is 47.3 Å². The molecule has 1 unspecified atom stereocenters. The van der Waals surface area contributed by atoms with Gasteiger partial charge in [-0.25, -0.2) is 40.5 Å². The molecule has 0 radical (unpaired) electrons. The van der Waals surface area contributed by atoms with Crippen LogP contribution in [0.25, 0.3) is 0 Å². The van der Waals surface area contributed by atoms with Crippen molar-refractivity contribution < 1.29 is 0 Å². The number of allylic oxidation sites excluding steroid dienone is 1. The van der Waals surface area contributed by atoms with Gasteiger partial charge in [-0.2, -0.15) is 11.3 Å². The molecule has 1 aliphatic heterocycles. The van der Waals surface area contributed by atoms with Gasteiger partial charge in [-0.3, -0.25) is 0 Å². The lowest BCUT2D eigenvalue weighted by atomic mass is 9.85. The minimum absolute atomic E-state index is 0.0346. The van der Waals surface area contributed by atoms with E-state index < -0.39 is 0 Å². The third-order valence-electron chi connectivity index (χ3n) is 5.32. The molecule has 0 bridgehead atoms. The first-order valence-corrected chi connectivity index (χ1v) is 23.0. The maximum atomic E-state index is 2.63. The average molecular weight is 656 g/mol. The van der Waals surface area contributed by atoms with Gasteiger partial charge in [-0.15, -0.1) is 23.1 Å². The summed E-state index contributed by atoms with van der Waals surface area (Å²) in [6, 6.07) is 7.26. The summed E-state index contributed by atoms with van der Waals surface area (Å²) in [7, 11) is 0. The minimum Gasteiger partial charge on any atom is -0.207 e. The predicted molar refractivity (Wildman–Crippen MR) is 145 cm³/mol. The summed E-state index contributed by atoms with van der Waals surface area (Å²) in [5.41, 5.74) is 1.85. The number of thiophene rings is 2. The predicted octanol–water partition coefficient (Wildman–Crippen LogP) is 6.27. The Balaban J connectivity index is 1.88. The fourth-order valence-electron chi connectivity index (χ4n) is 3.57. The Morgan fingerprint density at radius 1 is 1.04 bits per heavy atom. The lowest BCUT2D eigenvalue weighted by Gasteiger charge is -2.31. The summed E-state index contributed by atoms with van der Waals surface area (Å²) >= 11 is 11.4. The summed E-state index contributed by atoms with van der Waals surface area (Å²) in [5, 5.41) is 0.703. The molecule has 26 heavy (non-hydrogen) atoms. The summed E-state index contributed by atoms with van der Waals surface area (Å²) in [6.45, 7) is 12.0. The van der Waals surface area contributed by atoms with Crippen molar-refractivity contribution in [2.24, 2.45) is 0 Å². The van der Waals surface area contributed by atoms with Gasteiger partial charge >= 0.3 is 23.9 Å². The number of hydrogen-bond acceptors (Lipinski definition) is 3. The number of hydrogen-bond donors (Lipinski definition) is 0. The zero-order valence-corrected chi connectivity index (χ0v) is 25.6. The number of halogens is 2. The van der Waals surface area contributed by atoms with E-state index in [1.54, 1.807) is 17.3 Å². The van der Waals surface area contributed by atoms with Crippen LogP contribution in [0.5, 0.6) is 0 Å². The van der Waals surface area contributed by atoms with Crippen LogP contribution in [0.4, 0.5) is 0 Å². The van der Waals surface area contributed by atoms with E-state index >= 15 is 0 Å². The van der Waals surface area contributed by atoms with Crippen molar-refractivity contribution in [3.8, 4) is 0 Å². The van der Waals surface area contributed by atoms with Crippen LogP contribution in [0.3, 0.4) is 0 Å². The van der Waals surface area contributed by atoms with Gasteiger partial charge < -0.3 is 0 Å². The largest absolute Gasteiger partial charge is 0.390 e. The molecule has 1 atom stereocenters. The molecule has 7 heteroatoms. The quantitative estimate of drug-likeness (QED) is 0.261. The zero-order chi connectivity index (χ0) is 19.1. The second-order valence-electron chi connectivity index (χ2n) is 8.02. The molecular weight excluding hydrogens is 632 g/mol. The van der Waals surface area contributed by atoms with Crippen molar-refractivity contribution >= 4 is 103 Å². The van der Waals surface area contributed by atoms with E-state index in [1.807, 2.05) is 0 Å². The molecule has 0 nitrogen and oxygen atoms in total. The minimum atomic E-state index is -0.0960. The van der Waals surface area contributed by atoms with Gasteiger partial charge in [0.2, 0.25) is 0 Å². The first-order chi connectivity index (χ1) is 12.2. The van der Waals surface area contributed by atoms with Crippen molar-refractivity contribution in [2.75, 3.05) is 0 Å². The molecule has 0 aliphatic carbocycles. The first-order valence-electron chi connectivity index (χ1n) is 8.88. The molecule has 0 fully saturated rings. The topological polar surface area (TPSA) is 0 Å². The summed E-state index contributed by atoms with van der Waals surface area (Å²) in [6.07, 6.45) is 3.76. The summed E-state index contributed by atoms with van der Waals surface area (Å²) in [4.78, 5) is 4.64. The highest BCUT2D eigenvalue weighted by Gasteiger charge is 2.37. The lowest BCUT2D eigenvalue weighted by Crippen LogP contribution is -2.28.